The van der Waals surface area contributed by atoms with E-state index in [0.29, 0.717) is 24.2 Å². The highest BCUT2D eigenvalue weighted by atomic mass is 16.5. The van der Waals surface area contributed by atoms with Crippen molar-refractivity contribution in [3.63, 3.8) is 0 Å². The Morgan fingerprint density at radius 3 is 2.50 bits per heavy atom. The van der Waals surface area contributed by atoms with Gasteiger partial charge in [-0.05, 0) is 68.3 Å². The second-order valence-corrected chi connectivity index (χ2v) is 11.7. The maximum atomic E-state index is 12.5. The van der Waals surface area contributed by atoms with Crippen molar-refractivity contribution in [2.24, 2.45) is 35.3 Å². The van der Waals surface area contributed by atoms with Crippen LogP contribution in [0.25, 0.3) is 0 Å². The number of hydrogen-bond acceptors (Lipinski definition) is 6. The van der Waals surface area contributed by atoms with Crippen LogP contribution in [0.3, 0.4) is 0 Å². The Bertz CT molecular complexity index is 880. The van der Waals surface area contributed by atoms with E-state index in [1.807, 2.05) is 13.8 Å². The zero-order valence-electron chi connectivity index (χ0n) is 23.6. The molecule has 2 fully saturated rings. The van der Waals surface area contributed by atoms with E-state index in [0.717, 1.165) is 51.6 Å². The number of fused-ring (bicyclic) bond motifs is 1. The highest BCUT2D eigenvalue weighted by Gasteiger charge is 2.42. The van der Waals surface area contributed by atoms with Crippen LogP contribution >= 0.6 is 0 Å². The number of amides is 2. The molecule has 4 rings (SSSR count). The highest BCUT2D eigenvalue weighted by molar-refractivity contribution is 5.72. The van der Waals surface area contributed by atoms with Crippen molar-refractivity contribution >= 4 is 18.0 Å². The maximum Gasteiger partial charge on any atom is 0.314 e. The number of aliphatic hydroxyl groups excluding tert-OH is 1. The summed E-state index contributed by atoms with van der Waals surface area (Å²) in [4.78, 5) is 36.4. The molecule has 38 heavy (non-hydrogen) atoms. The zero-order chi connectivity index (χ0) is 27.8. The number of primary amides is 1. The van der Waals surface area contributed by atoms with Gasteiger partial charge in [-0.25, -0.2) is 4.79 Å². The number of nitrogens with zero attached hydrogens (tertiary/aromatic N) is 1. The molecule has 0 spiro atoms. The molecule has 0 radical (unpaired) electrons. The Balaban J connectivity index is 0.000000375. The first kappa shape index (κ1) is 30.2. The van der Waals surface area contributed by atoms with E-state index in [2.05, 4.69) is 32.1 Å². The van der Waals surface area contributed by atoms with Crippen LogP contribution in [0.15, 0.2) is 23.8 Å². The first-order valence-corrected chi connectivity index (χ1v) is 14.6. The molecule has 2 amide bonds. The highest BCUT2D eigenvalue weighted by Crippen LogP contribution is 2.45. The zero-order valence-corrected chi connectivity index (χ0v) is 23.6. The number of carbonyl (C=O) groups is 3. The Hall–Kier alpha value is -2.35. The molecule has 0 aromatic carbocycles. The standard InChI is InChI=1S/C24H36O5.C6H12N2O/c1-5-15(3)24(27)29-21-11-14(2)10-17-7-6-16(4)20(23(17)21)9-8-19-12-18(25)13-22(26)28-19;7-6(9)8-4-2-1-3-5-8/h6-7,10,14-16,18-21,23,25H,5,8-9,11-13H2,1-4H3;1-5H2,(H2,7,9)/t14-,15-,16-,18+,19-,20-,21-,23-;/m0./s1. The van der Waals surface area contributed by atoms with E-state index in [4.69, 9.17) is 15.2 Å². The van der Waals surface area contributed by atoms with Gasteiger partial charge in [0.25, 0.3) is 0 Å². The van der Waals surface area contributed by atoms with Crippen molar-refractivity contribution in [3.8, 4) is 0 Å². The Morgan fingerprint density at radius 2 is 1.89 bits per heavy atom. The smallest absolute Gasteiger partial charge is 0.314 e. The monoisotopic (exact) mass is 532 g/mol. The van der Waals surface area contributed by atoms with Gasteiger partial charge in [-0.15, -0.1) is 0 Å². The average molecular weight is 533 g/mol. The number of aliphatic hydroxyl groups is 1. The fraction of sp³-hybridized carbons (Fsp3) is 0.767. The van der Waals surface area contributed by atoms with Crippen LogP contribution in [0.4, 0.5) is 4.79 Å². The number of esters is 2. The van der Waals surface area contributed by atoms with Crippen molar-refractivity contribution in [1.29, 1.82) is 0 Å². The third-order valence-electron chi connectivity index (χ3n) is 8.60. The van der Waals surface area contributed by atoms with Gasteiger partial charge < -0.3 is 25.2 Å². The number of rotatable bonds is 6. The van der Waals surface area contributed by atoms with Crippen LogP contribution in [-0.2, 0) is 19.1 Å². The number of carbonyl (C=O) groups excluding carboxylic acids is 3. The summed E-state index contributed by atoms with van der Waals surface area (Å²) in [5, 5.41) is 9.89. The fourth-order valence-corrected chi connectivity index (χ4v) is 6.18. The molecule has 214 valence electrons. The number of hydrogen-bond donors (Lipinski definition) is 2. The third kappa shape index (κ3) is 8.32. The van der Waals surface area contributed by atoms with Crippen LogP contribution in [0.1, 0.15) is 85.5 Å². The largest absolute Gasteiger partial charge is 0.462 e. The van der Waals surface area contributed by atoms with Gasteiger partial charge in [-0.3, -0.25) is 9.59 Å². The van der Waals surface area contributed by atoms with E-state index >= 15 is 0 Å². The van der Waals surface area contributed by atoms with Gasteiger partial charge in [0, 0.05) is 25.4 Å². The topological polar surface area (TPSA) is 119 Å². The van der Waals surface area contributed by atoms with Crippen LogP contribution in [0, 0.1) is 29.6 Å². The Labute approximate surface area is 228 Å². The second-order valence-electron chi connectivity index (χ2n) is 11.7. The van der Waals surface area contributed by atoms with Crippen LogP contribution in [-0.4, -0.2) is 59.4 Å². The van der Waals surface area contributed by atoms with Gasteiger partial charge in [0.1, 0.15) is 12.2 Å². The lowest BCUT2D eigenvalue weighted by molar-refractivity contribution is -0.162. The number of ether oxygens (including phenoxy) is 2. The number of urea groups is 1. The van der Waals surface area contributed by atoms with Crippen LogP contribution < -0.4 is 5.73 Å². The predicted molar refractivity (Wildman–Crippen MR) is 146 cm³/mol. The third-order valence-corrected chi connectivity index (χ3v) is 8.60. The molecule has 8 atom stereocenters. The van der Waals surface area contributed by atoms with Crippen molar-refractivity contribution in [3.05, 3.63) is 23.8 Å². The van der Waals surface area contributed by atoms with E-state index in [9.17, 15) is 19.5 Å². The second kappa shape index (κ2) is 14.2. The minimum atomic E-state index is -0.597. The van der Waals surface area contributed by atoms with E-state index in [1.54, 1.807) is 4.90 Å². The van der Waals surface area contributed by atoms with Crippen molar-refractivity contribution < 1.29 is 29.0 Å². The number of likely N-dealkylation sites (tertiary alicyclic amines) is 1. The summed E-state index contributed by atoms with van der Waals surface area (Å²) in [7, 11) is 0. The average Bonchev–Trinajstić information content (AvgIpc) is 2.88. The molecule has 0 bridgehead atoms. The molecule has 3 N–H and O–H groups in total. The van der Waals surface area contributed by atoms with Crippen molar-refractivity contribution in [2.75, 3.05) is 13.1 Å². The lowest BCUT2D eigenvalue weighted by Gasteiger charge is -2.43. The normalized spacial score (nSPS) is 33.6. The SMILES string of the molecule is CC[C@H](C)C(=O)O[C@H]1C[C@@H](C)C=C2C=C[C@H](C)[C@H](CC[C@H]3C[C@@H](O)CC(=O)O3)[C@H]21.NC(=O)N1CCCCC1. The Kier molecular flexibility index (Phi) is 11.2. The van der Waals surface area contributed by atoms with Gasteiger partial charge >= 0.3 is 18.0 Å². The molecule has 4 aliphatic rings. The molecule has 0 aromatic rings. The quantitative estimate of drug-likeness (QED) is 0.477. The molecule has 2 aliphatic carbocycles. The predicted octanol–water partition coefficient (Wildman–Crippen LogP) is 4.75. The van der Waals surface area contributed by atoms with Crippen molar-refractivity contribution in [2.45, 2.75) is 104 Å². The van der Waals surface area contributed by atoms with E-state index in [1.165, 1.54) is 12.0 Å². The van der Waals surface area contributed by atoms with Crippen LogP contribution in [0.2, 0.25) is 0 Å². The first-order valence-electron chi connectivity index (χ1n) is 14.6. The number of cyclic esters (lactones) is 1. The Morgan fingerprint density at radius 1 is 1.18 bits per heavy atom. The number of allylic oxidation sites excluding steroid dienone is 3. The summed E-state index contributed by atoms with van der Waals surface area (Å²) in [6, 6.07) is -0.269. The summed E-state index contributed by atoms with van der Waals surface area (Å²) in [6.07, 6.45) is 13.2. The number of nitrogens with two attached hydrogens (primary N) is 1. The summed E-state index contributed by atoms with van der Waals surface area (Å²) in [5.74, 6) is 0.755. The summed E-state index contributed by atoms with van der Waals surface area (Å²) >= 11 is 0. The summed E-state index contributed by atoms with van der Waals surface area (Å²) in [6.45, 7) is 10.0. The number of piperidine rings is 1. The molecule has 0 aromatic heterocycles. The molecular weight excluding hydrogens is 484 g/mol. The van der Waals surface area contributed by atoms with Gasteiger partial charge in [0.05, 0.1) is 18.4 Å². The van der Waals surface area contributed by atoms with E-state index in [-0.39, 0.29) is 48.4 Å². The van der Waals surface area contributed by atoms with Gasteiger partial charge in [0.2, 0.25) is 0 Å². The summed E-state index contributed by atoms with van der Waals surface area (Å²) in [5.41, 5.74) is 6.33. The lowest BCUT2D eigenvalue weighted by Crippen LogP contribution is -2.42. The minimum Gasteiger partial charge on any atom is -0.462 e. The molecule has 2 aliphatic heterocycles. The molecule has 8 nitrogen and oxygen atoms in total. The van der Waals surface area contributed by atoms with Gasteiger partial charge in [-0.2, -0.15) is 0 Å². The van der Waals surface area contributed by atoms with Gasteiger partial charge in [0.15, 0.2) is 0 Å². The molecule has 0 unspecified atom stereocenters. The lowest BCUT2D eigenvalue weighted by atomic mass is 9.65. The van der Waals surface area contributed by atoms with E-state index < -0.39 is 6.10 Å². The maximum absolute atomic E-state index is 12.5. The fourth-order valence-electron chi connectivity index (χ4n) is 6.18. The molecule has 2 heterocycles. The van der Waals surface area contributed by atoms with Crippen molar-refractivity contribution in [1.82, 2.24) is 4.90 Å². The van der Waals surface area contributed by atoms with Gasteiger partial charge in [-0.1, -0.05) is 45.9 Å². The molecule has 8 heteroatoms. The molecule has 2 saturated heterocycles. The first-order chi connectivity index (χ1) is 18.1. The van der Waals surface area contributed by atoms with Crippen LogP contribution in [0.5, 0.6) is 0 Å². The minimum absolute atomic E-state index is 0.0854. The summed E-state index contributed by atoms with van der Waals surface area (Å²) < 4.78 is 11.5. The molecular formula is C30H48N2O6. The molecule has 0 saturated carbocycles.